The average Bonchev–Trinajstić information content (AvgIpc) is 2.77. The normalized spacial score (nSPS) is 35.3. The third kappa shape index (κ3) is 1.78. The smallest absolute Gasteiger partial charge is 0.308 e. The van der Waals surface area contributed by atoms with Gasteiger partial charge in [-0.3, -0.25) is 9.59 Å². The molecule has 1 amide bonds. The number of aliphatic carboxylic acids is 1. The summed E-state index contributed by atoms with van der Waals surface area (Å²) in [7, 11) is 0. The molecule has 0 aromatic rings. The Labute approximate surface area is 94.4 Å². The van der Waals surface area contributed by atoms with Crippen LogP contribution in [0.5, 0.6) is 0 Å². The van der Waals surface area contributed by atoms with E-state index in [9.17, 15) is 9.59 Å². The summed E-state index contributed by atoms with van der Waals surface area (Å²) in [6.07, 6.45) is 2.94. The lowest BCUT2D eigenvalue weighted by Crippen LogP contribution is -2.46. The van der Waals surface area contributed by atoms with Crippen LogP contribution in [0, 0.1) is 29.6 Å². The van der Waals surface area contributed by atoms with E-state index in [0.717, 1.165) is 19.3 Å². The first-order valence-electron chi connectivity index (χ1n) is 5.59. The van der Waals surface area contributed by atoms with Crippen LogP contribution in [-0.4, -0.2) is 23.0 Å². The van der Waals surface area contributed by atoms with Gasteiger partial charge in [-0.2, -0.15) is 0 Å². The third-order valence-electron chi connectivity index (χ3n) is 3.74. The van der Waals surface area contributed by atoms with E-state index in [1.54, 1.807) is 6.92 Å². The summed E-state index contributed by atoms with van der Waals surface area (Å²) in [5, 5.41) is 11.9. The van der Waals surface area contributed by atoms with Crippen molar-refractivity contribution in [3.8, 4) is 11.8 Å². The number of carboxylic acid groups (broad SMARTS) is 1. The lowest BCUT2D eigenvalue weighted by atomic mass is 9.84. The van der Waals surface area contributed by atoms with Crippen molar-refractivity contribution < 1.29 is 14.7 Å². The van der Waals surface area contributed by atoms with Crippen molar-refractivity contribution in [2.75, 3.05) is 0 Å². The van der Waals surface area contributed by atoms with E-state index in [1.807, 2.05) is 0 Å². The molecule has 16 heavy (non-hydrogen) atoms. The van der Waals surface area contributed by atoms with Crippen molar-refractivity contribution in [3.63, 3.8) is 0 Å². The second kappa shape index (κ2) is 4.17. The van der Waals surface area contributed by atoms with Crippen molar-refractivity contribution in [2.24, 2.45) is 17.8 Å². The largest absolute Gasteiger partial charge is 0.481 e. The molecule has 2 saturated carbocycles. The van der Waals surface area contributed by atoms with E-state index in [1.165, 1.54) is 0 Å². The van der Waals surface area contributed by atoms with Gasteiger partial charge in [0.25, 0.3) is 5.91 Å². The number of hydrogen-bond acceptors (Lipinski definition) is 2. The molecule has 2 aliphatic rings. The Morgan fingerprint density at radius 3 is 2.62 bits per heavy atom. The van der Waals surface area contributed by atoms with Crippen molar-refractivity contribution in [1.29, 1.82) is 0 Å². The van der Waals surface area contributed by atoms with Crippen LogP contribution in [0.3, 0.4) is 0 Å². The van der Waals surface area contributed by atoms with Gasteiger partial charge in [-0.15, -0.1) is 0 Å². The minimum atomic E-state index is -0.790. The summed E-state index contributed by atoms with van der Waals surface area (Å²) in [6.45, 7) is 1.59. The lowest BCUT2D eigenvalue weighted by molar-refractivity contribution is -0.144. The summed E-state index contributed by atoms with van der Waals surface area (Å²) < 4.78 is 0. The number of hydrogen-bond donors (Lipinski definition) is 2. The molecule has 86 valence electrons. The fourth-order valence-electron chi connectivity index (χ4n) is 3.16. The van der Waals surface area contributed by atoms with E-state index < -0.39 is 11.9 Å². The Morgan fingerprint density at radius 2 is 2.00 bits per heavy atom. The molecule has 4 unspecified atom stereocenters. The minimum absolute atomic E-state index is 0.218. The summed E-state index contributed by atoms with van der Waals surface area (Å²) in [5.74, 6) is 3.92. The Balaban J connectivity index is 2.09. The van der Waals surface area contributed by atoms with Crippen molar-refractivity contribution >= 4 is 11.9 Å². The molecule has 4 atom stereocenters. The summed E-state index contributed by atoms with van der Waals surface area (Å²) in [4.78, 5) is 22.5. The molecule has 2 fully saturated rings. The number of carbonyl (C=O) groups excluding carboxylic acids is 1. The summed E-state index contributed by atoms with van der Waals surface area (Å²) in [5.41, 5.74) is 0. The number of fused-ring (bicyclic) bond motifs is 2. The van der Waals surface area contributed by atoms with Crippen molar-refractivity contribution in [1.82, 2.24) is 5.32 Å². The number of amides is 1. The first kappa shape index (κ1) is 11.0. The van der Waals surface area contributed by atoms with Crippen LogP contribution in [0.15, 0.2) is 0 Å². The second-order valence-electron chi connectivity index (χ2n) is 4.57. The lowest BCUT2D eigenvalue weighted by Gasteiger charge is -2.28. The van der Waals surface area contributed by atoms with Gasteiger partial charge in [0.1, 0.15) is 0 Å². The van der Waals surface area contributed by atoms with Gasteiger partial charge < -0.3 is 10.4 Å². The zero-order chi connectivity index (χ0) is 11.7. The Morgan fingerprint density at radius 1 is 1.31 bits per heavy atom. The highest BCUT2D eigenvalue weighted by Crippen LogP contribution is 2.48. The molecule has 0 heterocycles. The quantitative estimate of drug-likeness (QED) is 0.672. The third-order valence-corrected chi connectivity index (χ3v) is 3.74. The maximum absolute atomic E-state index is 11.4. The molecule has 4 heteroatoms. The minimum Gasteiger partial charge on any atom is -0.481 e. The van der Waals surface area contributed by atoms with Crippen molar-refractivity contribution in [3.05, 3.63) is 0 Å². The van der Waals surface area contributed by atoms with E-state index in [-0.39, 0.29) is 17.9 Å². The SMILES string of the molecule is CC#CC(=O)NC1C2CCC(C2)C1C(=O)O. The molecule has 0 saturated heterocycles. The number of nitrogens with one attached hydrogen (secondary N) is 1. The van der Waals surface area contributed by atoms with E-state index >= 15 is 0 Å². The topological polar surface area (TPSA) is 66.4 Å². The maximum Gasteiger partial charge on any atom is 0.308 e. The molecular weight excluding hydrogens is 206 g/mol. The first-order chi connectivity index (χ1) is 7.63. The Bertz CT molecular complexity index is 379. The molecule has 0 radical (unpaired) electrons. The van der Waals surface area contributed by atoms with Gasteiger partial charge in [0.15, 0.2) is 0 Å². The fraction of sp³-hybridized carbons (Fsp3) is 0.667. The van der Waals surface area contributed by atoms with Gasteiger partial charge >= 0.3 is 5.97 Å². The zero-order valence-corrected chi connectivity index (χ0v) is 9.19. The van der Waals surface area contributed by atoms with Crippen LogP contribution in [0.1, 0.15) is 26.2 Å². The summed E-state index contributed by atoms with van der Waals surface area (Å²) in [6, 6.07) is -0.218. The predicted octanol–water partition coefficient (Wildman–Crippen LogP) is 0.625. The number of carboxylic acids is 1. The van der Waals surface area contributed by atoms with Crippen LogP contribution in [0.25, 0.3) is 0 Å². The second-order valence-corrected chi connectivity index (χ2v) is 4.57. The van der Waals surface area contributed by atoms with Crippen LogP contribution < -0.4 is 5.32 Å². The molecule has 2 aliphatic carbocycles. The van der Waals surface area contributed by atoms with E-state index in [2.05, 4.69) is 17.2 Å². The maximum atomic E-state index is 11.4. The number of rotatable bonds is 2. The average molecular weight is 221 g/mol. The fourth-order valence-corrected chi connectivity index (χ4v) is 3.16. The van der Waals surface area contributed by atoms with Gasteiger partial charge in [-0.1, -0.05) is 5.92 Å². The number of carbonyl (C=O) groups is 2. The Hall–Kier alpha value is -1.50. The van der Waals surface area contributed by atoms with Crippen molar-refractivity contribution in [2.45, 2.75) is 32.2 Å². The molecule has 0 aromatic carbocycles. The molecule has 0 aromatic heterocycles. The molecule has 2 bridgehead atoms. The highest BCUT2D eigenvalue weighted by Gasteiger charge is 2.51. The molecule has 4 nitrogen and oxygen atoms in total. The molecule has 2 rings (SSSR count). The molecule has 2 N–H and O–H groups in total. The van der Waals surface area contributed by atoms with Crippen LogP contribution in [0.4, 0.5) is 0 Å². The molecule has 0 aliphatic heterocycles. The molecule has 0 spiro atoms. The predicted molar refractivity (Wildman–Crippen MR) is 57.3 cm³/mol. The standard InChI is InChI=1S/C12H15NO3/c1-2-3-9(14)13-11-8-5-4-7(6-8)10(11)12(15)16/h7-8,10-11H,4-6H2,1H3,(H,13,14)(H,15,16). The van der Waals surface area contributed by atoms with Crippen LogP contribution >= 0.6 is 0 Å². The zero-order valence-electron chi connectivity index (χ0n) is 9.19. The van der Waals surface area contributed by atoms with E-state index in [4.69, 9.17) is 5.11 Å². The van der Waals surface area contributed by atoms with Gasteiger partial charge in [-0.25, -0.2) is 0 Å². The highest BCUT2D eigenvalue weighted by molar-refractivity contribution is 5.94. The van der Waals surface area contributed by atoms with Gasteiger partial charge in [0.05, 0.1) is 5.92 Å². The van der Waals surface area contributed by atoms with E-state index in [0.29, 0.717) is 5.92 Å². The summed E-state index contributed by atoms with van der Waals surface area (Å²) >= 11 is 0. The van der Waals surface area contributed by atoms with Gasteiger partial charge in [0, 0.05) is 6.04 Å². The van der Waals surface area contributed by atoms with Gasteiger partial charge in [0.2, 0.25) is 0 Å². The Kier molecular flexibility index (Phi) is 2.86. The highest BCUT2D eigenvalue weighted by atomic mass is 16.4. The van der Waals surface area contributed by atoms with Gasteiger partial charge in [-0.05, 0) is 43.9 Å². The van der Waals surface area contributed by atoms with Crippen LogP contribution in [0.2, 0.25) is 0 Å². The first-order valence-corrected chi connectivity index (χ1v) is 5.59. The van der Waals surface area contributed by atoms with Crippen LogP contribution in [-0.2, 0) is 9.59 Å². The monoisotopic (exact) mass is 221 g/mol. The molecular formula is C12H15NO3.